The number of alkyl halides is 3. The van der Waals surface area contributed by atoms with E-state index in [2.05, 4.69) is 21.2 Å². The zero-order valence-corrected chi connectivity index (χ0v) is 13.8. The van der Waals surface area contributed by atoms with Gasteiger partial charge in [-0.25, -0.2) is 8.42 Å². The van der Waals surface area contributed by atoms with E-state index in [1.54, 1.807) is 0 Å². The van der Waals surface area contributed by atoms with Crippen molar-refractivity contribution >= 4 is 47.3 Å². The molecule has 0 radical (unpaired) electrons. The summed E-state index contributed by atoms with van der Waals surface area (Å²) in [5, 5.41) is 2.28. The number of halogens is 5. The standard InChI is InChI=1S/C11H10BrClF3NO3S/c1-6-4-8(7(12)5-9(6)21(13,19)20)17-10(18)2-3-11(14,15)16/h4-5H,2-3H2,1H3,(H,17,18). The predicted octanol–water partition coefficient (Wildman–Crippen LogP) is 3.97. The third kappa shape index (κ3) is 5.84. The summed E-state index contributed by atoms with van der Waals surface area (Å²) in [7, 11) is 1.28. The number of hydrogen-bond donors (Lipinski definition) is 1. The molecule has 0 saturated carbocycles. The van der Waals surface area contributed by atoms with Crippen LogP contribution in [0.5, 0.6) is 0 Å². The lowest BCUT2D eigenvalue weighted by Crippen LogP contribution is -2.17. The predicted molar refractivity (Wildman–Crippen MR) is 75.8 cm³/mol. The van der Waals surface area contributed by atoms with Gasteiger partial charge in [0.15, 0.2) is 0 Å². The molecule has 0 atom stereocenters. The van der Waals surface area contributed by atoms with Crippen molar-refractivity contribution in [2.45, 2.75) is 30.8 Å². The van der Waals surface area contributed by atoms with Crippen LogP contribution >= 0.6 is 26.6 Å². The van der Waals surface area contributed by atoms with E-state index in [-0.39, 0.29) is 20.6 Å². The van der Waals surface area contributed by atoms with E-state index in [9.17, 15) is 26.4 Å². The Hall–Kier alpha value is -0.800. The molecule has 0 unspecified atom stereocenters. The number of aryl methyl sites for hydroxylation is 1. The molecule has 0 aliphatic rings. The number of benzene rings is 1. The number of anilines is 1. The Labute approximate surface area is 132 Å². The van der Waals surface area contributed by atoms with Gasteiger partial charge in [-0.1, -0.05) is 0 Å². The van der Waals surface area contributed by atoms with Crippen LogP contribution in [0.15, 0.2) is 21.5 Å². The first-order chi connectivity index (χ1) is 9.40. The second-order valence-corrected chi connectivity index (χ2v) is 7.59. The molecule has 1 rings (SSSR count). The number of amides is 1. The summed E-state index contributed by atoms with van der Waals surface area (Å²) >= 11 is 3.03. The summed E-state index contributed by atoms with van der Waals surface area (Å²) in [6, 6.07) is 2.49. The smallest absolute Gasteiger partial charge is 0.325 e. The van der Waals surface area contributed by atoms with Gasteiger partial charge in [0.1, 0.15) is 0 Å². The van der Waals surface area contributed by atoms with E-state index in [1.807, 2.05) is 0 Å². The SMILES string of the molecule is Cc1cc(NC(=O)CCC(F)(F)F)c(Br)cc1S(=O)(=O)Cl. The Morgan fingerprint density at radius 3 is 2.43 bits per heavy atom. The minimum atomic E-state index is -4.42. The molecule has 0 saturated heterocycles. The van der Waals surface area contributed by atoms with Crippen molar-refractivity contribution in [2.75, 3.05) is 5.32 Å². The zero-order valence-electron chi connectivity index (χ0n) is 10.6. The van der Waals surface area contributed by atoms with Crippen LogP contribution in [0.25, 0.3) is 0 Å². The fourth-order valence-electron chi connectivity index (χ4n) is 1.49. The van der Waals surface area contributed by atoms with Crippen molar-refractivity contribution in [1.82, 2.24) is 0 Å². The van der Waals surface area contributed by atoms with Gasteiger partial charge in [-0.3, -0.25) is 4.79 Å². The Morgan fingerprint density at radius 2 is 1.95 bits per heavy atom. The average molecular weight is 409 g/mol. The van der Waals surface area contributed by atoms with E-state index in [0.717, 1.165) is 0 Å². The lowest BCUT2D eigenvalue weighted by atomic mass is 10.2. The fourth-order valence-corrected chi connectivity index (χ4v) is 3.28. The van der Waals surface area contributed by atoms with Crippen molar-refractivity contribution in [3.05, 3.63) is 22.2 Å². The van der Waals surface area contributed by atoms with Gasteiger partial charge in [0, 0.05) is 21.6 Å². The molecular formula is C11H10BrClF3NO3S. The summed E-state index contributed by atoms with van der Waals surface area (Å²) in [5.41, 5.74) is 0.433. The van der Waals surface area contributed by atoms with E-state index in [1.165, 1.54) is 19.1 Å². The lowest BCUT2D eigenvalue weighted by Gasteiger charge is -2.11. The lowest BCUT2D eigenvalue weighted by molar-refractivity contribution is -0.142. The molecule has 0 aliphatic carbocycles. The first-order valence-electron chi connectivity index (χ1n) is 5.51. The summed E-state index contributed by atoms with van der Waals surface area (Å²) < 4.78 is 58.8. The van der Waals surface area contributed by atoms with Crippen LogP contribution in [0, 0.1) is 6.92 Å². The molecule has 1 aromatic rings. The normalized spacial score (nSPS) is 12.3. The average Bonchev–Trinajstić information content (AvgIpc) is 2.28. The van der Waals surface area contributed by atoms with Gasteiger partial charge in [-0.15, -0.1) is 0 Å². The highest BCUT2D eigenvalue weighted by atomic mass is 79.9. The molecule has 0 aliphatic heterocycles. The third-order valence-corrected chi connectivity index (χ3v) is 4.56. The highest BCUT2D eigenvalue weighted by molar-refractivity contribution is 9.10. The van der Waals surface area contributed by atoms with Gasteiger partial charge >= 0.3 is 6.18 Å². The first kappa shape index (κ1) is 18.2. The highest BCUT2D eigenvalue weighted by Crippen LogP contribution is 2.31. The molecule has 0 aromatic heterocycles. The molecule has 10 heteroatoms. The largest absolute Gasteiger partial charge is 0.389 e. The van der Waals surface area contributed by atoms with Gasteiger partial charge in [0.25, 0.3) is 9.05 Å². The summed E-state index contributed by atoms with van der Waals surface area (Å²) in [4.78, 5) is 11.3. The van der Waals surface area contributed by atoms with Gasteiger partial charge in [-0.05, 0) is 40.5 Å². The van der Waals surface area contributed by atoms with Crippen molar-refractivity contribution in [2.24, 2.45) is 0 Å². The fraction of sp³-hybridized carbons (Fsp3) is 0.364. The van der Waals surface area contributed by atoms with Crippen molar-refractivity contribution in [3.8, 4) is 0 Å². The Kier molecular flexibility index (Phi) is 5.68. The highest BCUT2D eigenvalue weighted by Gasteiger charge is 2.28. The molecule has 1 aromatic carbocycles. The monoisotopic (exact) mass is 407 g/mol. The number of carbonyl (C=O) groups excluding carboxylic acids is 1. The molecule has 118 valence electrons. The molecule has 0 bridgehead atoms. The van der Waals surface area contributed by atoms with Crippen LogP contribution in [0.1, 0.15) is 18.4 Å². The Bertz CT molecular complexity index is 661. The minimum Gasteiger partial charge on any atom is -0.325 e. The first-order valence-corrected chi connectivity index (χ1v) is 8.62. The molecule has 1 N–H and O–H groups in total. The van der Waals surface area contributed by atoms with Crippen molar-refractivity contribution in [3.63, 3.8) is 0 Å². The number of hydrogen-bond acceptors (Lipinski definition) is 3. The van der Waals surface area contributed by atoms with Gasteiger partial charge in [-0.2, -0.15) is 13.2 Å². The molecule has 1 amide bonds. The zero-order chi connectivity index (χ0) is 16.4. The summed E-state index contributed by atoms with van der Waals surface area (Å²) in [5.74, 6) is -0.825. The van der Waals surface area contributed by atoms with Gasteiger partial charge in [0.2, 0.25) is 5.91 Å². The van der Waals surface area contributed by atoms with Crippen LogP contribution in [0.2, 0.25) is 0 Å². The molecule has 4 nitrogen and oxygen atoms in total. The van der Waals surface area contributed by atoms with Crippen LogP contribution in [-0.4, -0.2) is 20.5 Å². The minimum absolute atomic E-state index is 0.149. The van der Waals surface area contributed by atoms with Gasteiger partial charge in [0.05, 0.1) is 17.0 Å². The third-order valence-electron chi connectivity index (χ3n) is 2.44. The topological polar surface area (TPSA) is 63.2 Å². The van der Waals surface area contributed by atoms with E-state index in [0.29, 0.717) is 0 Å². The number of rotatable bonds is 4. The van der Waals surface area contributed by atoms with Crippen LogP contribution in [-0.2, 0) is 13.8 Å². The molecule has 0 spiro atoms. The van der Waals surface area contributed by atoms with Crippen LogP contribution < -0.4 is 5.32 Å². The van der Waals surface area contributed by atoms with Crippen molar-refractivity contribution in [1.29, 1.82) is 0 Å². The second kappa shape index (κ2) is 6.53. The Balaban J connectivity index is 2.91. The molecule has 0 fully saturated rings. The van der Waals surface area contributed by atoms with Crippen LogP contribution in [0.4, 0.5) is 18.9 Å². The maximum absolute atomic E-state index is 12.0. The maximum Gasteiger partial charge on any atom is 0.389 e. The van der Waals surface area contributed by atoms with Gasteiger partial charge < -0.3 is 5.32 Å². The molecule has 0 heterocycles. The summed E-state index contributed by atoms with van der Waals surface area (Å²) in [6.07, 6.45) is -6.37. The number of nitrogens with one attached hydrogen (secondary N) is 1. The van der Waals surface area contributed by atoms with Crippen molar-refractivity contribution < 1.29 is 26.4 Å². The van der Waals surface area contributed by atoms with E-state index >= 15 is 0 Å². The molecule has 21 heavy (non-hydrogen) atoms. The Morgan fingerprint density at radius 1 is 1.38 bits per heavy atom. The van der Waals surface area contributed by atoms with E-state index < -0.39 is 34.0 Å². The quantitative estimate of drug-likeness (QED) is 0.767. The maximum atomic E-state index is 12.0. The number of carbonyl (C=O) groups is 1. The van der Waals surface area contributed by atoms with E-state index in [4.69, 9.17) is 10.7 Å². The second-order valence-electron chi connectivity index (χ2n) is 4.20. The molecular weight excluding hydrogens is 399 g/mol. The van der Waals surface area contributed by atoms with Crippen LogP contribution in [0.3, 0.4) is 0 Å². The summed E-state index contributed by atoms with van der Waals surface area (Å²) in [6.45, 7) is 1.45.